The number of ether oxygens (including phenoxy) is 1. The molecule has 112 valence electrons. The lowest BCUT2D eigenvalue weighted by Gasteiger charge is -2.03. The molecule has 0 N–H and O–H groups in total. The molecule has 0 bridgehead atoms. The number of aryl methyl sites for hydroxylation is 2. The normalized spacial score (nSPS) is 10.6. The molecule has 3 rings (SSSR count). The lowest BCUT2D eigenvalue weighted by atomic mass is 10.1. The Morgan fingerprint density at radius 1 is 1.14 bits per heavy atom. The van der Waals surface area contributed by atoms with E-state index in [9.17, 15) is 4.79 Å². The summed E-state index contributed by atoms with van der Waals surface area (Å²) in [6.45, 7) is 3.49. The van der Waals surface area contributed by atoms with Crippen LogP contribution in [0.4, 0.5) is 0 Å². The number of benzene rings is 1. The zero-order chi connectivity index (χ0) is 15.5. The van der Waals surface area contributed by atoms with Gasteiger partial charge in [-0.25, -0.2) is 4.79 Å². The summed E-state index contributed by atoms with van der Waals surface area (Å²) in [4.78, 5) is 12.3. The minimum Gasteiger partial charge on any atom is -0.454 e. The molecule has 6 nitrogen and oxygen atoms in total. The Labute approximate surface area is 126 Å². The fourth-order valence-corrected chi connectivity index (χ4v) is 2.10. The highest BCUT2D eigenvalue weighted by Gasteiger charge is 2.23. The van der Waals surface area contributed by atoms with Gasteiger partial charge >= 0.3 is 5.97 Å². The number of aromatic nitrogens is 2. The van der Waals surface area contributed by atoms with Gasteiger partial charge in [-0.15, -0.1) is 0 Å². The molecule has 3 aromatic rings. The van der Waals surface area contributed by atoms with Crippen LogP contribution in [0.25, 0.3) is 11.3 Å². The van der Waals surface area contributed by atoms with Gasteiger partial charge in [0.05, 0.1) is 5.69 Å². The minimum absolute atomic E-state index is 0.0124. The third kappa shape index (κ3) is 2.76. The lowest BCUT2D eigenvalue weighted by Crippen LogP contribution is -2.07. The molecule has 0 radical (unpaired) electrons. The number of rotatable bonds is 4. The van der Waals surface area contributed by atoms with E-state index in [-0.39, 0.29) is 6.61 Å². The Kier molecular flexibility index (Phi) is 3.74. The van der Waals surface area contributed by atoms with E-state index in [1.807, 2.05) is 30.3 Å². The van der Waals surface area contributed by atoms with Crippen LogP contribution in [0.3, 0.4) is 0 Å². The number of esters is 1. The fraction of sp³-hybridized carbons (Fsp3) is 0.188. The van der Waals surface area contributed by atoms with Gasteiger partial charge in [-0.1, -0.05) is 40.6 Å². The van der Waals surface area contributed by atoms with Crippen LogP contribution in [0, 0.1) is 13.8 Å². The van der Waals surface area contributed by atoms with Crippen LogP contribution in [-0.2, 0) is 11.3 Å². The van der Waals surface area contributed by atoms with Crippen LogP contribution in [0.15, 0.2) is 45.4 Å². The van der Waals surface area contributed by atoms with E-state index in [0.717, 1.165) is 11.3 Å². The maximum atomic E-state index is 12.3. The molecule has 0 aliphatic rings. The van der Waals surface area contributed by atoms with E-state index in [4.69, 9.17) is 13.8 Å². The molecule has 0 fully saturated rings. The SMILES string of the molecule is Cc1cc(COC(=O)c2c(-c3ccccc3)noc2C)on1. The Balaban J connectivity index is 1.82. The molecule has 2 heterocycles. The molecule has 0 atom stereocenters. The smallest absolute Gasteiger partial charge is 0.344 e. The van der Waals surface area contributed by atoms with Crippen molar-refractivity contribution >= 4 is 5.97 Å². The molecule has 0 spiro atoms. The van der Waals surface area contributed by atoms with E-state index >= 15 is 0 Å². The number of hydrogen-bond acceptors (Lipinski definition) is 6. The first-order valence-corrected chi connectivity index (χ1v) is 6.76. The van der Waals surface area contributed by atoms with Gasteiger partial charge in [-0.3, -0.25) is 0 Å². The quantitative estimate of drug-likeness (QED) is 0.688. The fourth-order valence-electron chi connectivity index (χ4n) is 2.10. The van der Waals surface area contributed by atoms with Gasteiger partial charge in [0.15, 0.2) is 12.4 Å². The molecule has 0 saturated carbocycles. The summed E-state index contributed by atoms with van der Waals surface area (Å²) in [5.74, 6) is 0.394. The van der Waals surface area contributed by atoms with Crippen LogP contribution in [0.2, 0.25) is 0 Å². The first-order valence-electron chi connectivity index (χ1n) is 6.76. The number of carbonyl (C=O) groups excluding carboxylic acids is 1. The summed E-state index contributed by atoms with van der Waals surface area (Å²) in [6.07, 6.45) is 0. The maximum absolute atomic E-state index is 12.3. The van der Waals surface area contributed by atoms with Gasteiger partial charge in [0.1, 0.15) is 17.0 Å². The monoisotopic (exact) mass is 298 g/mol. The molecule has 0 amide bonds. The van der Waals surface area contributed by atoms with Crippen molar-refractivity contribution in [3.8, 4) is 11.3 Å². The van der Waals surface area contributed by atoms with E-state index in [1.54, 1.807) is 19.9 Å². The third-order valence-electron chi connectivity index (χ3n) is 3.14. The number of nitrogens with zero attached hydrogens (tertiary/aromatic N) is 2. The second-order valence-corrected chi connectivity index (χ2v) is 4.84. The average Bonchev–Trinajstić information content (AvgIpc) is 3.12. The van der Waals surface area contributed by atoms with Crippen molar-refractivity contribution in [2.24, 2.45) is 0 Å². The van der Waals surface area contributed by atoms with E-state index in [0.29, 0.717) is 22.8 Å². The van der Waals surface area contributed by atoms with Crippen LogP contribution in [-0.4, -0.2) is 16.3 Å². The van der Waals surface area contributed by atoms with Crippen molar-refractivity contribution in [1.29, 1.82) is 0 Å². The van der Waals surface area contributed by atoms with Gasteiger partial charge in [-0.2, -0.15) is 0 Å². The van der Waals surface area contributed by atoms with Gasteiger partial charge in [0, 0.05) is 11.6 Å². The van der Waals surface area contributed by atoms with E-state index in [1.165, 1.54) is 0 Å². The largest absolute Gasteiger partial charge is 0.454 e. The highest BCUT2D eigenvalue weighted by atomic mass is 16.6. The Bertz CT molecular complexity index is 790. The summed E-state index contributed by atoms with van der Waals surface area (Å²) in [5, 5.41) is 7.70. The summed E-state index contributed by atoms with van der Waals surface area (Å²) >= 11 is 0. The summed E-state index contributed by atoms with van der Waals surface area (Å²) < 4.78 is 15.4. The third-order valence-corrected chi connectivity index (χ3v) is 3.14. The maximum Gasteiger partial charge on any atom is 0.344 e. The first kappa shape index (κ1) is 14.1. The highest BCUT2D eigenvalue weighted by Crippen LogP contribution is 2.26. The summed E-state index contributed by atoms with van der Waals surface area (Å²) in [7, 11) is 0. The van der Waals surface area contributed by atoms with Gasteiger partial charge < -0.3 is 13.8 Å². The topological polar surface area (TPSA) is 78.4 Å². The molecule has 0 saturated heterocycles. The van der Waals surface area contributed by atoms with E-state index in [2.05, 4.69) is 10.3 Å². The van der Waals surface area contributed by atoms with Crippen LogP contribution in [0.5, 0.6) is 0 Å². The first-order chi connectivity index (χ1) is 10.6. The Morgan fingerprint density at radius 3 is 2.59 bits per heavy atom. The zero-order valence-corrected chi connectivity index (χ0v) is 12.2. The number of hydrogen-bond donors (Lipinski definition) is 0. The van der Waals surface area contributed by atoms with Crippen molar-refractivity contribution in [2.75, 3.05) is 0 Å². The second-order valence-electron chi connectivity index (χ2n) is 4.84. The average molecular weight is 298 g/mol. The molecular formula is C16H14N2O4. The number of carbonyl (C=O) groups is 1. The van der Waals surface area contributed by atoms with Crippen LogP contribution < -0.4 is 0 Å². The molecule has 22 heavy (non-hydrogen) atoms. The molecule has 0 aliphatic carbocycles. The van der Waals surface area contributed by atoms with Gasteiger partial charge in [0.25, 0.3) is 0 Å². The van der Waals surface area contributed by atoms with Gasteiger partial charge in [-0.05, 0) is 13.8 Å². The summed E-state index contributed by atoms with van der Waals surface area (Å²) in [5.41, 5.74) is 2.32. The van der Waals surface area contributed by atoms with Crippen molar-refractivity contribution in [1.82, 2.24) is 10.3 Å². The Morgan fingerprint density at radius 2 is 1.91 bits per heavy atom. The zero-order valence-electron chi connectivity index (χ0n) is 12.2. The molecule has 6 heteroatoms. The Hall–Kier alpha value is -2.89. The summed E-state index contributed by atoms with van der Waals surface area (Å²) in [6, 6.07) is 11.0. The lowest BCUT2D eigenvalue weighted by molar-refractivity contribution is 0.0436. The van der Waals surface area contributed by atoms with Crippen molar-refractivity contribution in [2.45, 2.75) is 20.5 Å². The molecule has 0 aliphatic heterocycles. The predicted octanol–water partition coefficient (Wildman–Crippen LogP) is 3.30. The molecular weight excluding hydrogens is 284 g/mol. The van der Waals surface area contributed by atoms with Crippen LogP contribution >= 0.6 is 0 Å². The standard InChI is InChI=1S/C16H14N2O4/c1-10-8-13(22-17-10)9-20-16(19)14-11(2)21-18-15(14)12-6-4-3-5-7-12/h3-8H,9H2,1-2H3. The molecule has 2 aromatic heterocycles. The van der Waals surface area contributed by atoms with Crippen molar-refractivity contribution in [3.63, 3.8) is 0 Å². The molecule has 1 aromatic carbocycles. The molecule has 0 unspecified atom stereocenters. The van der Waals surface area contributed by atoms with Crippen molar-refractivity contribution < 1.29 is 18.6 Å². The van der Waals surface area contributed by atoms with Crippen molar-refractivity contribution in [3.05, 3.63) is 59.2 Å². The minimum atomic E-state index is -0.508. The predicted molar refractivity (Wildman–Crippen MR) is 77.0 cm³/mol. The second kappa shape index (κ2) is 5.85. The van der Waals surface area contributed by atoms with E-state index < -0.39 is 5.97 Å². The van der Waals surface area contributed by atoms with Crippen LogP contribution in [0.1, 0.15) is 27.6 Å². The highest BCUT2D eigenvalue weighted by molar-refractivity contribution is 5.97. The van der Waals surface area contributed by atoms with Gasteiger partial charge in [0.2, 0.25) is 0 Å².